The van der Waals surface area contributed by atoms with Crippen molar-refractivity contribution in [1.29, 1.82) is 0 Å². The molecule has 6 heteroatoms. The first-order chi connectivity index (χ1) is 15.0. The van der Waals surface area contributed by atoms with Gasteiger partial charge >= 0.3 is 5.97 Å². The molecule has 0 aliphatic heterocycles. The van der Waals surface area contributed by atoms with Crippen molar-refractivity contribution in [1.82, 2.24) is 9.78 Å². The van der Waals surface area contributed by atoms with Crippen molar-refractivity contribution in [2.75, 3.05) is 6.61 Å². The predicted molar refractivity (Wildman–Crippen MR) is 125 cm³/mol. The molecule has 0 bridgehead atoms. The third-order valence-electron chi connectivity index (χ3n) is 5.91. The van der Waals surface area contributed by atoms with E-state index in [1.54, 1.807) is 0 Å². The van der Waals surface area contributed by atoms with Gasteiger partial charge in [-0.3, -0.25) is 9.48 Å². The monoisotopic (exact) mass is 484 g/mol. The molecule has 31 heavy (non-hydrogen) atoms. The van der Waals surface area contributed by atoms with E-state index in [1.807, 2.05) is 38.1 Å². The van der Waals surface area contributed by atoms with E-state index in [0.717, 1.165) is 50.8 Å². The highest BCUT2D eigenvalue weighted by atomic mass is 79.9. The number of carbonyl (C=O) groups is 1. The Labute approximate surface area is 191 Å². The molecule has 0 amide bonds. The van der Waals surface area contributed by atoms with Crippen LogP contribution in [0.1, 0.15) is 61.9 Å². The Kier molecular flexibility index (Phi) is 6.96. The molecule has 0 atom stereocenters. The SMILES string of the molecule is CCOC(=O)Cc1ccc(C)cc1OCc1c2cc(Br)ccc2nn1C1CCCCC1. The summed E-state index contributed by atoms with van der Waals surface area (Å²) in [5.74, 6) is 0.491. The average Bonchev–Trinajstić information content (AvgIpc) is 3.12. The van der Waals surface area contributed by atoms with E-state index in [0.29, 0.717) is 19.3 Å². The van der Waals surface area contributed by atoms with Gasteiger partial charge in [0.2, 0.25) is 0 Å². The molecule has 1 saturated carbocycles. The van der Waals surface area contributed by atoms with Crippen LogP contribution in [-0.2, 0) is 22.6 Å². The summed E-state index contributed by atoms with van der Waals surface area (Å²) in [6.45, 7) is 4.63. The Morgan fingerprint density at radius 1 is 1.16 bits per heavy atom. The number of hydrogen-bond acceptors (Lipinski definition) is 4. The van der Waals surface area contributed by atoms with E-state index in [2.05, 4.69) is 32.7 Å². The fraction of sp³-hybridized carbons (Fsp3) is 0.440. The molecule has 3 aromatic rings. The van der Waals surface area contributed by atoms with Crippen LogP contribution in [0, 0.1) is 6.92 Å². The minimum absolute atomic E-state index is 0.206. The van der Waals surface area contributed by atoms with Gasteiger partial charge in [-0.05, 0) is 56.5 Å². The average molecular weight is 485 g/mol. The molecule has 2 aromatic carbocycles. The van der Waals surface area contributed by atoms with Crippen molar-refractivity contribution in [2.24, 2.45) is 0 Å². The van der Waals surface area contributed by atoms with Gasteiger partial charge in [-0.25, -0.2) is 0 Å². The number of benzene rings is 2. The molecule has 0 spiro atoms. The van der Waals surface area contributed by atoms with Crippen LogP contribution in [0.3, 0.4) is 0 Å². The number of ether oxygens (including phenoxy) is 2. The van der Waals surface area contributed by atoms with E-state index in [9.17, 15) is 4.79 Å². The van der Waals surface area contributed by atoms with Gasteiger partial charge in [0.15, 0.2) is 0 Å². The highest BCUT2D eigenvalue weighted by molar-refractivity contribution is 9.10. The molecule has 4 rings (SSSR count). The molecule has 5 nitrogen and oxygen atoms in total. The Balaban J connectivity index is 1.65. The van der Waals surface area contributed by atoms with Gasteiger partial charge in [0.25, 0.3) is 0 Å². The fourth-order valence-electron chi connectivity index (χ4n) is 4.35. The second-order valence-electron chi connectivity index (χ2n) is 8.23. The Hall–Kier alpha value is -2.34. The summed E-state index contributed by atoms with van der Waals surface area (Å²) < 4.78 is 14.7. The summed E-state index contributed by atoms with van der Waals surface area (Å²) in [4.78, 5) is 12.1. The summed E-state index contributed by atoms with van der Waals surface area (Å²) in [6, 6.07) is 12.6. The molecule has 0 radical (unpaired) electrons. The Morgan fingerprint density at radius 2 is 1.97 bits per heavy atom. The molecule has 1 aromatic heterocycles. The van der Waals surface area contributed by atoms with E-state index in [4.69, 9.17) is 14.6 Å². The lowest BCUT2D eigenvalue weighted by molar-refractivity contribution is -0.142. The number of esters is 1. The van der Waals surface area contributed by atoms with Gasteiger partial charge in [0.1, 0.15) is 12.4 Å². The lowest BCUT2D eigenvalue weighted by Crippen LogP contribution is -2.18. The van der Waals surface area contributed by atoms with Crippen LogP contribution in [0.15, 0.2) is 40.9 Å². The van der Waals surface area contributed by atoms with Gasteiger partial charge in [0, 0.05) is 15.4 Å². The maximum atomic E-state index is 12.1. The predicted octanol–water partition coefficient (Wildman–Crippen LogP) is 6.30. The molecule has 0 saturated heterocycles. The van der Waals surface area contributed by atoms with Crippen LogP contribution in [0.25, 0.3) is 10.9 Å². The summed E-state index contributed by atoms with van der Waals surface area (Å²) >= 11 is 3.60. The quantitative estimate of drug-likeness (QED) is 0.369. The highest BCUT2D eigenvalue weighted by Crippen LogP contribution is 2.33. The zero-order valence-corrected chi connectivity index (χ0v) is 19.8. The lowest BCUT2D eigenvalue weighted by atomic mass is 9.95. The Bertz CT molecular complexity index is 1070. The molecular weight excluding hydrogens is 456 g/mol. The van der Waals surface area contributed by atoms with Gasteiger partial charge in [-0.15, -0.1) is 0 Å². The second kappa shape index (κ2) is 9.86. The number of halogens is 1. The third-order valence-corrected chi connectivity index (χ3v) is 6.40. The minimum atomic E-state index is -0.238. The summed E-state index contributed by atoms with van der Waals surface area (Å²) in [7, 11) is 0. The van der Waals surface area contributed by atoms with Crippen molar-refractivity contribution >= 4 is 32.8 Å². The van der Waals surface area contributed by atoms with Crippen LogP contribution in [0.5, 0.6) is 5.75 Å². The number of rotatable bonds is 7. The number of aromatic nitrogens is 2. The van der Waals surface area contributed by atoms with Crippen molar-refractivity contribution < 1.29 is 14.3 Å². The van der Waals surface area contributed by atoms with Crippen LogP contribution in [-0.4, -0.2) is 22.4 Å². The third kappa shape index (κ3) is 5.12. The maximum absolute atomic E-state index is 12.1. The second-order valence-corrected chi connectivity index (χ2v) is 9.14. The number of carbonyl (C=O) groups excluding carboxylic acids is 1. The van der Waals surface area contributed by atoms with Crippen molar-refractivity contribution in [3.8, 4) is 5.75 Å². The van der Waals surface area contributed by atoms with Crippen molar-refractivity contribution in [3.63, 3.8) is 0 Å². The molecule has 1 aliphatic rings. The van der Waals surface area contributed by atoms with Gasteiger partial charge in [-0.1, -0.05) is 47.3 Å². The van der Waals surface area contributed by atoms with E-state index in [1.165, 1.54) is 19.3 Å². The standard InChI is InChI=1S/C25H29BrN2O3/c1-3-30-25(29)14-18-10-9-17(2)13-24(18)31-16-23-21-15-19(26)11-12-22(21)27-28(23)20-7-5-4-6-8-20/h9-13,15,20H,3-8,14,16H2,1-2H3. The molecule has 0 unspecified atom stereocenters. The summed E-state index contributed by atoms with van der Waals surface area (Å²) in [6.07, 6.45) is 6.30. The van der Waals surface area contributed by atoms with Gasteiger partial charge in [0.05, 0.1) is 30.3 Å². The number of nitrogens with zero attached hydrogens (tertiary/aromatic N) is 2. The molecule has 0 N–H and O–H groups in total. The van der Waals surface area contributed by atoms with E-state index >= 15 is 0 Å². The van der Waals surface area contributed by atoms with Crippen LogP contribution >= 0.6 is 15.9 Å². The number of fused-ring (bicyclic) bond motifs is 1. The maximum Gasteiger partial charge on any atom is 0.310 e. The first-order valence-corrected chi connectivity index (χ1v) is 11.9. The first-order valence-electron chi connectivity index (χ1n) is 11.1. The molecule has 1 aliphatic carbocycles. The molecular formula is C25H29BrN2O3. The first kappa shape index (κ1) is 21.9. The number of hydrogen-bond donors (Lipinski definition) is 0. The van der Waals surface area contributed by atoms with Crippen molar-refractivity contribution in [3.05, 3.63) is 57.7 Å². The summed E-state index contributed by atoms with van der Waals surface area (Å²) in [5, 5.41) is 6.05. The largest absolute Gasteiger partial charge is 0.487 e. The fourth-order valence-corrected chi connectivity index (χ4v) is 4.71. The molecule has 1 heterocycles. The molecule has 164 valence electrons. The van der Waals surface area contributed by atoms with Crippen molar-refractivity contribution in [2.45, 2.75) is 65.0 Å². The lowest BCUT2D eigenvalue weighted by Gasteiger charge is -2.24. The van der Waals surface area contributed by atoms with E-state index in [-0.39, 0.29) is 12.4 Å². The minimum Gasteiger partial charge on any atom is -0.487 e. The van der Waals surface area contributed by atoms with E-state index < -0.39 is 0 Å². The number of aryl methyl sites for hydroxylation is 1. The zero-order chi connectivity index (χ0) is 21.8. The van der Waals surface area contributed by atoms with Gasteiger partial charge < -0.3 is 9.47 Å². The van der Waals surface area contributed by atoms with Crippen LogP contribution in [0.4, 0.5) is 0 Å². The zero-order valence-electron chi connectivity index (χ0n) is 18.2. The highest BCUT2D eigenvalue weighted by Gasteiger charge is 2.22. The Morgan fingerprint density at radius 3 is 2.74 bits per heavy atom. The van der Waals surface area contributed by atoms with Gasteiger partial charge in [-0.2, -0.15) is 5.10 Å². The topological polar surface area (TPSA) is 53.4 Å². The smallest absolute Gasteiger partial charge is 0.310 e. The summed E-state index contributed by atoms with van der Waals surface area (Å²) in [5.41, 5.74) is 4.02. The normalized spacial score (nSPS) is 14.7. The van der Waals surface area contributed by atoms with Crippen LogP contribution in [0.2, 0.25) is 0 Å². The molecule has 1 fully saturated rings. The van der Waals surface area contributed by atoms with Crippen LogP contribution < -0.4 is 4.74 Å².